The normalized spacial score (nSPS) is 13.2. The molecule has 2 heterocycles. The fourth-order valence-corrected chi connectivity index (χ4v) is 3.47. The van der Waals surface area contributed by atoms with Gasteiger partial charge in [0.1, 0.15) is 5.71 Å². The van der Waals surface area contributed by atoms with Crippen molar-refractivity contribution in [2.24, 2.45) is 10.1 Å². The largest absolute Gasteiger partial charge is 0.265 e. The average molecular weight is 383 g/mol. The molecule has 134 valence electrons. The van der Waals surface area contributed by atoms with Gasteiger partial charge < -0.3 is 0 Å². The van der Waals surface area contributed by atoms with Gasteiger partial charge in [-0.2, -0.15) is 5.10 Å². The molecule has 0 radical (unpaired) electrons. The number of rotatable bonds is 2. The van der Waals surface area contributed by atoms with Crippen LogP contribution >= 0.6 is 11.6 Å². The Kier molecular flexibility index (Phi) is 4.11. The number of aliphatic imine (C=N–C) groups is 1. The fraction of sp³-hybridized carbons (Fsp3) is 0. The third-order valence-electron chi connectivity index (χ3n) is 4.72. The zero-order chi connectivity index (χ0) is 18.9. The monoisotopic (exact) mass is 382 g/mol. The fourth-order valence-electron chi connectivity index (χ4n) is 3.34. The van der Waals surface area contributed by atoms with Crippen LogP contribution in [-0.2, 0) is 0 Å². The van der Waals surface area contributed by atoms with Crippen molar-refractivity contribution in [1.82, 2.24) is 10.4 Å². The van der Waals surface area contributed by atoms with Gasteiger partial charge in [0, 0.05) is 39.5 Å². The summed E-state index contributed by atoms with van der Waals surface area (Å²) in [6.07, 6.45) is 3.54. The Morgan fingerprint density at radius 3 is 2.36 bits per heavy atom. The van der Waals surface area contributed by atoms with Gasteiger partial charge in [-0.05, 0) is 47.9 Å². The zero-order valence-electron chi connectivity index (χ0n) is 14.8. The number of fused-ring (bicyclic) bond motifs is 3. The third-order valence-corrected chi connectivity index (χ3v) is 4.98. The Morgan fingerprint density at radius 1 is 0.750 bits per heavy atom. The van der Waals surface area contributed by atoms with Crippen molar-refractivity contribution in [3.05, 3.63) is 107 Å². The van der Waals surface area contributed by atoms with Crippen LogP contribution in [0.3, 0.4) is 0 Å². The Hall–Kier alpha value is -3.50. The summed E-state index contributed by atoms with van der Waals surface area (Å²) in [7, 11) is 0. The summed E-state index contributed by atoms with van der Waals surface area (Å²) >= 11 is 6.05. The van der Waals surface area contributed by atoms with Crippen molar-refractivity contribution in [3.8, 4) is 0 Å². The molecule has 1 N–H and O–H groups in total. The van der Waals surface area contributed by atoms with Crippen molar-refractivity contribution in [3.63, 3.8) is 0 Å². The Bertz CT molecular complexity index is 1230. The summed E-state index contributed by atoms with van der Waals surface area (Å²) < 4.78 is 0. The Balaban J connectivity index is 1.77. The van der Waals surface area contributed by atoms with Gasteiger partial charge in [-0.1, -0.05) is 41.9 Å². The summed E-state index contributed by atoms with van der Waals surface area (Å²) in [5, 5.41) is 7.60. The first-order valence-electron chi connectivity index (χ1n) is 8.90. The van der Waals surface area contributed by atoms with E-state index >= 15 is 0 Å². The highest BCUT2D eigenvalue weighted by Gasteiger charge is 2.19. The van der Waals surface area contributed by atoms with E-state index in [2.05, 4.69) is 34.7 Å². The molecule has 3 aromatic carbocycles. The number of hydrogen-bond donors (Lipinski definition) is 1. The van der Waals surface area contributed by atoms with E-state index in [0.29, 0.717) is 10.9 Å². The van der Waals surface area contributed by atoms with Crippen molar-refractivity contribution < 1.29 is 0 Å². The van der Waals surface area contributed by atoms with Gasteiger partial charge >= 0.3 is 0 Å². The molecule has 1 aliphatic rings. The van der Waals surface area contributed by atoms with E-state index in [0.717, 1.165) is 38.9 Å². The molecular formula is C23H15ClN4. The van der Waals surface area contributed by atoms with Crippen LogP contribution in [0.1, 0.15) is 16.7 Å². The summed E-state index contributed by atoms with van der Waals surface area (Å²) in [5.41, 5.74) is 7.75. The van der Waals surface area contributed by atoms with Crippen molar-refractivity contribution in [2.45, 2.75) is 0 Å². The Morgan fingerprint density at radius 2 is 1.54 bits per heavy atom. The molecule has 1 aliphatic heterocycles. The number of hydrazone groups is 1. The van der Waals surface area contributed by atoms with Gasteiger partial charge in [-0.3, -0.25) is 10.4 Å². The van der Waals surface area contributed by atoms with Crippen LogP contribution < -0.4 is 5.43 Å². The molecule has 0 bridgehead atoms. The van der Waals surface area contributed by atoms with Crippen molar-refractivity contribution in [1.29, 1.82) is 0 Å². The molecule has 0 unspecified atom stereocenters. The first-order chi connectivity index (χ1) is 13.8. The highest BCUT2D eigenvalue weighted by Crippen LogP contribution is 2.33. The van der Waals surface area contributed by atoms with Crippen LogP contribution in [0, 0.1) is 0 Å². The molecule has 5 heteroatoms. The Labute approximate surface area is 167 Å². The lowest BCUT2D eigenvalue weighted by Gasteiger charge is -2.10. The lowest BCUT2D eigenvalue weighted by molar-refractivity contribution is 1.03. The second-order valence-corrected chi connectivity index (χ2v) is 6.89. The van der Waals surface area contributed by atoms with Crippen LogP contribution in [0.4, 0.5) is 5.69 Å². The van der Waals surface area contributed by atoms with Gasteiger partial charge in [-0.15, -0.1) is 0 Å². The highest BCUT2D eigenvalue weighted by atomic mass is 35.5. The molecule has 28 heavy (non-hydrogen) atoms. The van der Waals surface area contributed by atoms with Crippen LogP contribution in [0.5, 0.6) is 0 Å². The van der Waals surface area contributed by atoms with E-state index in [1.165, 1.54) is 0 Å². The first kappa shape index (κ1) is 16.7. The molecular weight excluding hydrogens is 368 g/mol. The maximum atomic E-state index is 6.05. The number of aromatic nitrogens is 1. The highest BCUT2D eigenvalue weighted by molar-refractivity contribution is 6.30. The molecule has 0 spiro atoms. The number of nitrogens with zero attached hydrogens (tertiary/aromatic N) is 3. The molecule has 0 saturated heterocycles. The van der Waals surface area contributed by atoms with Crippen LogP contribution in [0.15, 0.2) is 95.3 Å². The summed E-state index contributed by atoms with van der Waals surface area (Å²) in [4.78, 5) is 9.10. The second kappa shape index (κ2) is 6.91. The molecule has 0 saturated carbocycles. The second-order valence-electron chi connectivity index (χ2n) is 6.46. The van der Waals surface area contributed by atoms with Gasteiger partial charge in [-0.25, -0.2) is 4.99 Å². The van der Waals surface area contributed by atoms with E-state index < -0.39 is 0 Å². The van der Waals surface area contributed by atoms with E-state index in [1.54, 1.807) is 12.4 Å². The maximum Gasteiger partial charge on any atom is 0.154 e. The SMILES string of the molecule is Clc1ccc(C2=Nc3c(ccc4ccccc34)C(c3ccncc3)=NN2)cc1. The number of nitrogens with one attached hydrogen (secondary N) is 1. The third kappa shape index (κ3) is 2.94. The molecule has 0 amide bonds. The molecule has 5 rings (SSSR count). The van der Waals surface area contributed by atoms with Gasteiger partial charge in [0.15, 0.2) is 5.84 Å². The average Bonchev–Trinajstić information content (AvgIpc) is 2.95. The van der Waals surface area contributed by atoms with E-state index in [9.17, 15) is 0 Å². The molecule has 4 aromatic rings. The maximum absolute atomic E-state index is 6.05. The van der Waals surface area contributed by atoms with E-state index in [1.807, 2.05) is 48.5 Å². The van der Waals surface area contributed by atoms with E-state index in [4.69, 9.17) is 21.7 Å². The number of pyridine rings is 1. The molecule has 0 aliphatic carbocycles. The molecule has 1 aromatic heterocycles. The molecule has 0 atom stereocenters. The van der Waals surface area contributed by atoms with Gasteiger partial charge in [0.25, 0.3) is 0 Å². The number of amidine groups is 1. The van der Waals surface area contributed by atoms with Crippen molar-refractivity contribution >= 4 is 39.6 Å². The minimum absolute atomic E-state index is 0.679. The van der Waals surface area contributed by atoms with Gasteiger partial charge in [0.05, 0.1) is 5.69 Å². The lowest BCUT2D eigenvalue weighted by Crippen LogP contribution is -2.19. The standard InChI is InChI=1S/C23H15ClN4/c24-18-8-5-17(6-9-18)23-26-22-19-4-2-1-3-15(19)7-10-20(22)21(27-28-23)16-11-13-25-14-12-16/h1-14H,(H,26,28). The summed E-state index contributed by atoms with van der Waals surface area (Å²) in [6, 6.07) is 23.9. The number of hydrogen-bond acceptors (Lipinski definition) is 4. The first-order valence-corrected chi connectivity index (χ1v) is 9.28. The summed E-state index contributed by atoms with van der Waals surface area (Å²) in [5.74, 6) is 0.679. The van der Waals surface area contributed by atoms with Crippen LogP contribution in [0.25, 0.3) is 10.8 Å². The number of halogens is 1. The zero-order valence-corrected chi connectivity index (χ0v) is 15.6. The predicted molar refractivity (Wildman–Crippen MR) is 115 cm³/mol. The topological polar surface area (TPSA) is 49.6 Å². The smallest absolute Gasteiger partial charge is 0.154 e. The molecule has 0 fully saturated rings. The minimum Gasteiger partial charge on any atom is -0.265 e. The quantitative estimate of drug-likeness (QED) is 0.510. The predicted octanol–water partition coefficient (Wildman–Crippen LogP) is 5.32. The van der Waals surface area contributed by atoms with Crippen molar-refractivity contribution in [2.75, 3.05) is 0 Å². The van der Waals surface area contributed by atoms with Crippen LogP contribution in [-0.4, -0.2) is 16.5 Å². The minimum atomic E-state index is 0.679. The number of benzene rings is 3. The lowest BCUT2D eigenvalue weighted by atomic mass is 9.97. The molecule has 4 nitrogen and oxygen atoms in total. The summed E-state index contributed by atoms with van der Waals surface area (Å²) in [6.45, 7) is 0. The van der Waals surface area contributed by atoms with E-state index in [-0.39, 0.29) is 0 Å². The van der Waals surface area contributed by atoms with Gasteiger partial charge in [0.2, 0.25) is 0 Å². The van der Waals surface area contributed by atoms with Crippen LogP contribution in [0.2, 0.25) is 5.02 Å².